The van der Waals surface area contributed by atoms with E-state index in [-0.39, 0.29) is 0 Å². The van der Waals surface area contributed by atoms with Crippen LogP contribution in [0.3, 0.4) is 0 Å². The first-order chi connectivity index (χ1) is 8.79. The highest BCUT2D eigenvalue weighted by atomic mass is 14.2. The number of allylic oxidation sites excluding steroid dienone is 2. The van der Waals surface area contributed by atoms with E-state index in [1.165, 1.54) is 33.4 Å². The first kappa shape index (κ1) is 11.3. The molecule has 2 aromatic carbocycles. The summed E-state index contributed by atoms with van der Waals surface area (Å²) < 4.78 is 0. The van der Waals surface area contributed by atoms with Crippen molar-refractivity contribution in [1.29, 1.82) is 0 Å². The van der Waals surface area contributed by atoms with E-state index in [4.69, 9.17) is 0 Å². The molecule has 0 saturated carbocycles. The van der Waals surface area contributed by atoms with Crippen LogP contribution in [0.5, 0.6) is 0 Å². The Morgan fingerprint density at radius 1 is 0.889 bits per heavy atom. The molecule has 0 nitrogen and oxygen atoms in total. The molecular formula is C18H17. The van der Waals surface area contributed by atoms with Gasteiger partial charge in [0.1, 0.15) is 0 Å². The van der Waals surface area contributed by atoms with Crippen LogP contribution in [0.1, 0.15) is 35.6 Å². The van der Waals surface area contributed by atoms with E-state index in [0.717, 1.165) is 6.42 Å². The molecule has 3 rings (SSSR count). The van der Waals surface area contributed by atoms with Crippen LogP contribution >= 0.6 is 0 Å². The van der Waals surface area contributed by atoms with E-state index in [0.29, 0.717) is 0 Å². The molecule has 0 aromatic heterocycles. The van der Waals surface area contributed by atoms with Crippen molar-refractivity contribution in [2.24, 2.45) is 0 Å². The van der Waals surface area contributed by atoms with Crippen molar-refractivity contribution in [3.63, 3.8) is 0 Å². The van der Waals surface area contributed by atoms with E-state index in [1.807, 2.05) is 0 Å². The van der Waals surface area contributed by atoms with E-state index >= 15 is 0 Å². The Balaban J connectivity index is 2.10. The molecule has 0 atom stereocenters. The molecule has 0 bridgehead atoms. The average Bonchev–Trinajstić information content (AvgIpc) is 2.78. The summed E-state index contributed by atoms with van der Waals surface area (Å²) in [5.41, 5.74) is 8.25. The smallest absolute Gasteiger partial charge is 0.0214 e. The fourth-order valence-electron chi connectivity index (χ4n) is 2.66. The molecule has 0 unspecified atom stereocenters. The van der Waals surface area contributed by atoms with Crippen LogP contribution in [-0.4, -0.2) is 0 Å². The van der Waals surface area contributed by atoms with Gasteiger partial charge in [-0.1, -0.05) is 61.0 Å². The molecule has 1 radical (unpaired) electrons. The number of benzene rings is 2. The normalized spacial score (nSPS) is 13.9. The lowest BCUT2D eigenvalue weighted by Crippen LogP contribution is -1.85. The van der Waals surface area contributed by atoms with Crippen molar-refractivity contribution in [2.45, 2.75) is 20.3 Å². The minimum Gasteiger partial charge on any atom is -0.0619 e. The minimum absolute atomic E-state index is 1.08. The molecule has 0 heterocycles. The Bertz CT molecular complexity index is 600. The Morgan fingerprint density at radius 2 is 1.61 bits per heavy atom. The van der Waals surface area contributed by atoms with Gasteiger partial charge in [-0.25, -0.2) is 0 Å². The molecule has 0 N–H and O–H groups in total. The molecule has 1 aliphatic rings. The van der Waals surface area contributed by atoms with Gasteiger partial charge in [-0.3, -0.25) is 0 Å². The molecule has 0 heteroatoms. The molecule has 18 heavy (non-hydrogen) atoms. The van der Waals surface area contributed by atoms with Crippen LogP contribution in [0.4, 0.5) is 0 Å². The van der Waals surface area contributed by atoms with Gasteiger partial charge >= 0.3 is 0 Å². The topological polar surface area (TPSA) is 0 Å². The fourth-order valence-corrected chi connectivity index (χ4v) is 2.66. The average molecular weight is 233 g/mol. The highest BCUT2D eigenvalue weighted by Crippen LogP contribution is 2.41. The standard InChI is InChI=1S/C18H17/c1-3-16-17-7-5-4-6-15(17)12-18(16)14-10-8-13(2)9-11-14/h4-12H,3H2,1-2H3. The third-order valence-electron chi connectivity index (χ3n) is 3.63. The number of hydrogen-bond donors (Lipinski definition) is 0. The first-order valence-electron chi connectivity index (χ1n) is 6.54. The lowest BCUT2D eigenvalue weighted by Gasteiger charge is -2.06. The van der Waals surface area contributed by atoms with Crippen molar-refractivity contribution in [3.05, 3.63) is 77.2 Å². The van der Waals surface area contributed by atoms with Crippen LogP contribution in [-0.2, 0) is 0 Å². The molecular weight excluding hydrogens is 216 g/mol. The predicted molar refractivity (Wildman–Crippen MR) is 78.1 cm³/mol. The summed E-state index contributed by atoms with van der Waals surface area (Å²) in [5.74, 6) is 0. The van der Waals surface area contributed by atoms with E-state index in [1.54, 1.807) is 0 Å². The fraction of sp³-hybridized carbons (Fsp3) is 0.167. The SMILES string of the molecule is CCC1=C(c2ccc(C)cc2)[CH]c2ccccc21. The second-order valence-electron chi connectivity index (χ2n) is 4.84. The number of rotatable bonds is 2. The molecule has 1 aliphatic carbocycles. The Kier molecular flexibility index (Phi) is 2.79. The highest BCUT2D eigenvalue weighted by molar-refractivity contribution is 6.01. The summed E-state index contributed by atoms with van der Waals surface area (Å²) in [6.45, 7) is 4.37. The molecule has 2 aromatic rings. The van der Waals surface area contributed by atoms with Crippen LogP contribution < -0.4 is 0 Å². The second kappa shape index (κ2) is 4.45. The minimum atomic E-state index is 1.08. The van der Waals surface area contributed by atoms with Crippen molar-refractivity contribution >= 4 is 11.1 Å². The van der Waals surface area contributed by atoms with Crippen LogP contribution in [0.2, 0.25) is 0 Å². The Hall–Kier alpha value is -1.82. The summed E-state index contributed by atoms with van der Waals surface area (Å²) in [6, 6.07) is 17.5. The molecule has 0 amide bonds. The quantitative estimate of drug-likeness (QED) is 0.693. The molecule has 0 spiro atoms. The molecule has 0 aliphatic heterocycles. The third kappa shape index (κ3) is 1.78. The van der Waals surface area contributed by atoms with Gasteiger partial charge in [-0.15, -0.1) is 0 Å². The Morgan fingerprint density at radius 3 is 2.33 bits per heavy atom. The van der Waals surface area contributed by atoms with Crippen LogP contribution in [0.25, 0.3) is 11.1 Å². The summed E-state index contributed by atoms with van der Waals surface area (Å²) in [6.07, 6.45) is 3.40. The van der Waals surface area contributed by atoms with Crippen molar-refractivity contribution in [1.82, 2.24) is 0 Å². The van der Waals surface area contributed by atoms with Gasteiger partial charge in [0.05, 0.1) is 0 Å². The number of hydrogen-bond acceptors (Lipinski definition) is 0. The number of fused-ring (bicyclic) bond motifs is 1. The van der Waals surface area contributed by atoms with E-state index in [2.05, 4.69) is 68.8 Å². The zero-order chi connectivity index (χ0) is 12.5. The van der Waals surface area contributed by atoms with Gasteiger partial charge in [-0.2, -0.15) is 0 Å². The maximum atomic E-state index is 2.32. The molecule has 89 valence electrons. The van der Waals surface area contributed by atoms with Gasteiger partial charge in [0, 0.05) is 6.42 Å². The van der Waals surface area contributed by atoms with Crippen LogP contribution in [0.15, 0.2) is 48.5 Å². The Labute approximate surface area is 109 Å². The lowest BCUT2D eigenvalue weighted by atomic mass is 9.98. The van der Waals surface area contributed by atoms with Gasteiger partial charge in [0.15, 0.2) is 0 Å². The van der Waals surface area contributed by atoms with Crippen molar-refractivity contribution < 1.29 is 0 Å². The summed E-state index contributed by atoms with van der Waals surface area (Å²) in [4.78, 5) is 0. The van der Waals surface area contributed by atoms with E-state index < -0.39 is 0 Å². The van der Waals surface area contributed by atoms with E-state index in [9.17, 15) is 0 Å². The maximum Gasteiger partial charge on any atom is 0.0214 e. The van der Waals surface area contributed by atoms with Gasteiger partial charge < -0.3 is 0 Å². The zero-order valence-electron chi connectivity index (χ0n) is 10.9. The van der Waals surface area contributed by atoms with Crippen molar-refractivity contribution in [2.75, 3.05) is 0 Å². The molecule has 0 saturated heterocycles. The summed E-state index contributed by atoms with van der Waals surface area (Å²) >= 11 is 0. The summed E-state index contributed by atoms with van der Waals surface area (Å²) in [5, 5.41) is 0. The van der Waals surface area contributed by atoms with Crippen LogP contribution in [0, 0.1) is 13.3 Å². The monoisotopic (exact) mass is 233 g/mol. The zero-order valence-corrected chi connectivity index (χ0v) is 10.9. The molecule has 0 fully saturated rings. The first-order valence-corrected chi connectivity index (χ1v) is 6.54. The largest absolute Gasteiger partial charge is 0.0619 e. The van der Waals surface area contributed by atoms with Crippen molar-refractivity contribution in [3.8, 4) is 0 Å². The number of aryl methyl sites for hydroxylation is 1. The third-order valence-corrected chi connectivity index (χ3v) is 3.63. The highest BCUT2D eigenvalue weighted by Gasteiger charge is 2.20. The predicted octanol–water partition coefficient (Wildman–Crippen LogP) is 4.88. The van der Waals surface area contributed by atoms with Gasteiger partial charge in [0.25, 0.3) is 0 Å². The summed E-state index contributed by atoms with van der Waals surface area (Å²) in [7, 11) is 0. The second-order valence-corrected chi connectivity index (χ2v) is 4.84. The maximum absolute atomic E-state index is 2.32. The lowest BCUT2D eigenvalue weighted by molar-refractivity contribution is 1.25. The van der Waals surface area contributed by atoms with Gasteiger partial charge in [-0.05, 0) is 41.2 Å². The van der Waals surface area contributed by atoms with Gasteiger partial charge in [0.2, 0.25) is 0 Å².